The molecule has 0 bridgehead atoms. The zero-order chi connectivity index (χ0) is 14.7. The van der Waals surface area contributed by atoms with Crippen LogP contribution in [0.15, 0.2) is 41.3 Å². The predicted molar refractivity (Wildman–Crippen MR) is 84.1 cm³/mol. The van der Waals surface area contributed by atoms with Gasteiger partial charge in [-0.3, -0.25) is 4.98 Å². The summed E-state index contributed by atoms with van der Waals surface area (Å²) in [5, 5.41) is 3.49. The minimum absolute atomic E-state index is 0.470. The fraction of sp³-hybridized carbons (Fsp3) is 0.471. The molecule has 0 spiro atoms. The van der Waals surface area contributed by atoms with E-state index in [9.17, 15) is 0 Å². The minimum Gasteiger partial charge on any atom is -0.467 e. The molecule has 0 saturated heterocycles. The Morgan fingerprint density at radius 2 is 2.24 bits per heavy atom. The van der Waals surface area contributed by atoms with Crippen molar-refractivity contribution in [2.45, 2.75) is 51.9 Å². The quantitative estimate of drug-likeness (QED) is 0.847. The first-order valence-electron chi connectivity index (χ1n) is 7.69. The summed E-state index contributed by atoms with van der Waals surface area (Å²) in [6, 6.07) is 7.22. The Hall–Kier alpha value is -1.81. The van der Waals surface area contributed by atoms with Gasteiger partial charge in [-0.25, -0.2) is 0 Å². The van der Waals surface area contributed by atoms with Gasteiger partial charge in [0.1, 0.15) is 5.76 Å². The zero-order valence-corrected chi connectivity index (χ0v) is 12.7. The predicted octanol–water partition coefficient (Wildman–Crippen LogP) is 3.34. The van der Waals surface area contributed by atoms with E-state index in [4.69, 9.17) is 4.42 Å². The second-order valence-corrected chi connectivity index (χ2v) is 5.98. The molecule has 0 atom stereocenters. The second-order valence-electron chi connectivity index (χ2n) is 5.98. The standard InChI is InChI=1S/C17H23N3O/c1-13(2)19-11-14-10-18-8-7-17(14)20(15-5-6-15)12-16-4-3-9-21-16/h3-4,7-10,13,15,19H,5-6,11-12H2,1-2H3. The summed E-state index contributed by atoms with van der Waals surface area (Å²) >= 11 is 0. The monoisotopic (exact) mass is 285 g/mol. The maximum atomic E-state index is 5.53. The van der Waals surface area contributed by atoms with Crippen molar-refractivity contribution in [2.75, 3.05) is 4.90 Å². The Kier molecular flexibility index (Phi) is 4.25. The third-order valence-electron chi connectivity index (χ3n) is 3.78. The van der Waals surface area contributed by atoms with Gasteiger partial charge in [0.15, 0.2) is 0 Å². The van der Waals surface area contributed by atoms with Crippen LogP contribution in [0.4, 0.5) is 5.69 Å². The lowest BCUT2D eigenvalue weighted by atomic mass is 10.2. The lowest BCUT2D eigenvalue weighted by molar-refractivity contribution is 0.500. The fourth-order valence-electron chi connectivity index (χ4n) is 2.52. The summed E-state index contributed by atoms with van der Waals surface area (Å²) in [4.78, 5) is 6.75. The highest BCUT2D eigenvalue weighted by atomic mass is 16.3. The fourth-order valence-corrected chi connectivity index (χ4v) is 2.52. The Labute approximate surface area is 126 Å². The highest BCUT2D eigenvalue weighted by Crippen LogP contribution is 2.34. The Morgan fingerprint density at radius 3 is 2.90 bits per heavy atom. The van der Waals surface area contributed by atoms with Crippen LogP contribution in [0.1, 0.15) is 38.0 Å². The molecule has 0 aromatic carbocycles. The van der Waals surface area contributed by atoms with Crippen LogP contribution >= 0.6 is 0 Å². The van der Waals surface area contributed by atoms with E-state index in [1.165, 1.54) is 24.1 Å². The van der Waals surface area contributed by atoms with Crippen molar-refractivity contribution in [3.05, 3.63) is 48.2 Å². The molecule has 0 aliphatic heterocycles. The zero-order valence-electron chi connectivity index (χ0n) is 12.7. The van der Waals surface area contributed by atoms with Gasteiger partial charge >= 0.3 is 0 Å². The first kappa shape index (κ1) is 14.1. The molecule has 1 N–H and O–H groups in total. The van der Waals surface area contributed by atoms with Crippen LogP contribution in [-0.2, 0) is 13.1 Å². The third kappa shape index (κ3) is 3.64. The summed E-state index contributed by atoms with van der Waals surface area (Å²) in [6.45, 7) is 6.01. The Bertz CT molecular complexity index is 561. The number of anilines is 1. The van der Waals surface area contributed by atoms with Gasteiger partial charge in [0.25, 0.3) is 0 Å². The number of rotatable bonds is 7. The first-order chi connectivity index (χ1) is 10.2. The molecule has 2 aromatic rings. The van der Waals surface area contributed by atoms with Crippen molar-refractivity contribution in [3.8, 4) is 0 Å². The summed E-state index contributed by atoms with van der Waals surface area (Å²) in [7, 11) is 0. The Balaban J connectivity index is 1.81. The molecule has 4 nitrogen and oxygen atoms in total. The van der Waals surface area contributed by atoms with Gasteiger partial charge in [0, 0.05) is 42.3 Å². The van der Waals surface area contributed by atoms with Crippen molar-refractivity contribution in [2.24, 2.45) is 0 Å². The van der Waals surface area contributed by atoms with Crippen LogP contribution in [-0.4, -0.2) is 17.1 Å². The van der Waals surface area contributed by atoms with E-state index in [1.807, 2.05) is 24.5 Å². The molecule has 3 rings (SSSR count). The molecule has 2 heterocycles. The average molecular weight is 285 g/mol. The number of nitrogens with one attached hydrogen (secondary N) is 1. The number of nitrogens with zero attached hydrogens (tertiary/aromatic N) is 2. The molecule has 4 heteroatoms. The molecule has 1 aliphatic carbocycles. The van der Waals surface area contributed by atoms with Crippen LogP contribution in [0.25, 0.3) is 0 Å². The van der Waals surface area contributed by atoms with Gasteiger partial charge in [-0.15, -0.1) is 0 Å². The van der Waals surface area contributed by atoms with Gasteiger partial charge in [-0.2, -0.15) is 0 Å². The van der Waals surface area contributed by atoms with E-state index in [0.717, 1.165) is 18.8 Å². The largest absolute Gasteiger partial charge is 0.467 e. The van der Waals surface area contributed by atoms with Crippen LogP contribution < -0.4 is 10.2 Å². The number of hydrogen-bond donors (Lipinski definition) is 1. The molecule has 0 amide bonds. The molecule has 2 aromatic heterocycles. The lowest BCUT2D eigenvalue weighted by Crippen LogP contribution is -2.28. The number of hydrogen-bond acceptors (Lipinski definition) is 4. The summed E-state index contributed by atoms with van der Waals surface area (Å²) in [5.41, 5.74) is 2.53. The molecule has 1 saturated carbocycles. The van der Waals surface area contributed by atoms with Crippen molar-refractivity contribution in [1.82, 2.24) is 10.3 Å². The van der Waals surface area contributed by atoms with E-state index >= 15 is 0 Å². The maximum Gasteiger partial charge on any atom is 0.123 e. The van der Waals surface area contributed by atoms with Gasteiger partial charge in [0.2, 0.25) is 0 Å². The first-order valence-corrected chi connectivity index (χ1v) is 7.69. The van der Waals surface area contributed by atoms with Crippen LogP contribution in [0.3, 0.4) is 0 Å². The topological polar surface area (TPSA) is 41.3 Å². The Morgan fingerprint density at radius 1 is 1.38 bits per heavy atom. The van der Waals surface area contributed by atoms with E-state index in [-0.39, 0.29) is 0 Å². The van der Waals surface area contributed by atoms with Crippen LogP contribution in [0, 0.1) is 0 Å². The number of pyridine rings is 1. The third-order valence-corrected chi connectivity index (χ3v) is 3.78. The van der Waals surface area contributed by atoms with Crippen molar-refractivity contribution >= 4 is 5.69 Å². The molecule has 1 fully saturated rings. The van der Waals surface area contributed by atoms with Gasteiger partial charge in [-0.1, -0.05) is 13.8 Å². The molecule has 21 heavy (non-hydrogen) atoms. The van der Waals surface area contributed by atoms with E-state index < -0.39 is 0 Å². The van der Waals surface area contributed by atoms with Crippen molar-refractivity contribution in [3.63, 3.8) is 0 Å². The smallest absolute Gasteiger partial charge is 0.123 e. The summed E-state index contributed by atoms with van der Waals surface area (Å²) in [5.74, 6) is 1.02. The molecule has 112 valence electrons. The number of aromatic nitrogens is 1. The van der Waals surface area contributed by atoms with Gasteiger partial charge in [0.05, 0.1) is 12.8 Å². The molecule has 0 radical (unpaired) electrons. The van der Waals surface area contributed by atoms with Gasteiger partial charge in [-0.05, 0) is 31.0 Å². The molecule has 1 aliphatic rings. The summed E-state index contributed by atoms with van der Waals surface area (Å²) < 4.78 is 5.53. The molecule has 0 unspecified atom stereocenters. The van der Waals surface area contributed by atoms with E-state index in [1.54, 1.807) is 6.26 Å². The van der Waals surface area contributed by atoms with E-state index in [2.05, 4.69) is 35.1 Å². The highest BCUT2D eigenvalue weighted by Gasteiger charge is 2.31. The van der Waals surface area contributed by atoms with Crippen molar-refractivity contribution in [1.29, 1.82) is 0 Å². The van der Waals surface area contributed by atoms with Crippen LogP contribution in [0.2, 0.25) is 0 Å². The molecular formula is C17H23N3O. The van der Waals surface area contributed by atoms with E-state index in [0.29, 0.717) is 12.1 Å². The lowest BCUT2D eigenvalue weighted by Gasteiger charge is -2.26. The average Bonchev–Trinajstić information content (AvgIpc) is 3.20. The highest BCUT2D eigenvalue weighted by molar-refractivity contribution is 5.54. The summed E-state index contributed by atoms with van der Waals surface area (Å²) in [6.07, 6.45) is 8.13. The number of furan rings is 1. The van der Waals surface area contributed by atoms with Gasteiger partial charge < -0.3 is 14.6 Å². The normalized spacial score (nSPS) is 14.6. The van der Waals surface area contributed by atoms with Crippen molar-refractivity contribution < 1.29 is 4.42 Å². The van der Waals surface area contributed by atoms with Crippen LogP contribution in [0.5, 0.6) is 0 Å². The second kappa shape index (κ2) is 6.31. The SMILES string of the molecule is CC(C)NCc1cnccc1N(Cc1ccco1)C1CC1. The molecular weight excluding hydrogens is 262 g/mol. The minimum atomic E-state index is 0.470. The maximum absolute atomic E-state index is 5.53.